The Bertz CT molecular complexity index is 625. The third-order valence-electron chi connectivity index (χ3n) is 5.36. The van der Waals surface area contributed by atoms with E-state index in [1.165, 1.54) is 0 Å². The monoisotopic (exact) mass is 343 g/mol. The molecule has 2 unspecified atom stereocenters. The fourth-order valence-corrected chi connectivity index (χ4v) is 4.03. The van der Waals surface area contributed by atoms with Crippen molar-refractivity contribution in [2.45, 2.75) is 45.6 Å². The summed E-state index contributed by atoms with van der Waals surface area (Å²) in [5.41, 5.74) is 2.13. The van der Waals surface area contributed by atoms with Gasteiger partial charge in [-0.05, 0) is 37.4 Å². The molecule has 0 aromatic heterocycles. The topological polar surface area (TPSA) is 52.7 Å². The number of aryl methyl sites for hydroxylation is 1. The molecule has 136 valence electrons. The number of amides is 2. The highest BCUT2D eigenvalue weighted by Crippen LogP contribution is 2.30. The second-order valence-corrected chi connectivity index (χ2v) is 7.07. The summed E-state index contributed by atoms with van der Waals surface area (Å²) in [6.07, 6.45) is 3.17. The number of rotatable bonds is 6. The van der Waals surface area contributed by atoms with E-state index in [1.54, 1.807) is 0 Å². The molecule has 0 aliphatic carbocycles. The maximum atomic E-state index is 13.1. The number of nitrogens with zero attached hydrogens (tertiary/aromatic N) is 2. The first-order valence-electron chi connectivity index (χ1n) is 9.55. The molecular weight excluding hydrogens is 314 g/mol. The van der Waals surface area contributed by atoms with Gasteiger partial charge in [0.15, 0.2) is 0 Å². The van der Waals surface area contributed by atoms with E-state index in [4.69, 9.17) is 0 Å². The highest BCUT2D eigenvalue weighted by molar-refractivity contribution is 6.00. The third kappa shape index (κ3) is 3.71. The standard InChI is InChI=1S/C20H29N3O2/c1-3-11-22(17-9-10-21-13-17)20(25)16-12-19(24)23(14-16)18-8-6-5-7-15(18)4-2/h5-8,16-17,21H,3-4,9-14H2,1-2H3. The lowest BCUT2D eigenvalue weighted by Gasteiger charge is -2.30. The van der Waals surface area contributed by atoms with Gasteiger partial charge in [0, 0.05) is 37.8 Å². The summed E-state index contributed by atoms with van der Waals surface area (Å²) >= 11 is 0. The summed E-state index contributed by atoms with van der Waals surface area (Å²) in [6.45, 7) is 7.33. The molecule has 0 saturated carbocycles. The number of hydrogen-bond donors (Lipinski definition) is 1. The fourth-order valence-electron chi connectivity index (χ4n) is 4.03. The molecule has 2 saturated heterocycles. The van der Waals surface area contributed by atoms with Gasteiger partial charge in [0.2, 0.25) is 11.8 Å². The average Bonchev–Trinajstić information content (AvgIpc) is 3.29. The van der Waals surface area contributed by atoms with Crippen LogP contribution in [0.5, 0.6) is 0 Å². The molecule has 1 aromatic rings. The van der Waals surface area contributed by atoms with Crippen LogP contribution in [-0.4, -0.2) is 48.9 Å². The minimum absolute atomic E-state index is 0.0697. The van der Waals surface area contributed by atoms with E-state index in [0.29, 0.717) is 13.0 Å². The molecule has 2 heterocycles. The van der Waals surface area contributed by atoms with Crippen molar-refractivity contribution in [1.82, 2.24) is 10.2 Å². The Balaban J connectivity index is 1.75. The Morgan fingerprint density at radius 1 is 1.32 bits per heavy atom. The molecule has 1 N–H and O–H groups in total. The first-order valence-corrected chi connectivity index (χ1v) is 9.55. The quantitative estimate of drug-likeness (QED) is 0.861. The Morgan fingerprint density at radius 2 is 2.12 bits per heavy atom. The number of para-hydroxylation sites is 1. The van der Waals surface area contributed by atoms with Gasteiger partial charge >= 0.3 is 0 Å². The van der Waals surface area contributed by atoms with Crippen LogP contribution in [0.1, 0.15) is 38.7 Å². The van der Waals surface area contributed by atoms with Gasteiger partial charge < -0.3 is 15.1 Å². The van der Waals surface area contributed by atoms with Gasteiger partial charge in [-0.1, -0.05) is 32.0 Å². The van der Waals surface area contributed by atoms with Gasteiger partial charge in [-0.3, -0.25) is 9.59 Å². The summed E-state index contributed by atoms with van der Waals surface area (Å²) < 4.78 is 0. The van der Waals surface area contributed by atoms with Gasteiger partial charge in [-0.15, -0.1) is 0 Å². The number of benzene rings is 1. The van der Waals surface area contributed by atoms with Crippen LogP contribution in [0.3, 0.4) is 0 Å². The van der Waals surface area contributed by atoms with Crippen LogP contribution < -0.4 is 10.2 Å². The molecule has 5 nitrogen and oxygen atoms in total. The van der Waals surface area contributed by atoms with Crippen LogP contribution in [0.15, 0.2) is 24.3 Å². The molecule has 5 heteroatoms. The molecule has 0 bridgehead atoms. The lowest BCUT2D eigenvalue weighted by molar-refractivity contribution is -0.137. The van der Waals surface area contributed by atoms with E-state index in [-0.39, 0.29) is 23.8 Å². The van der Waals surface area contributed by atoms with E-state index < -0.39 is 0 Å². The maximum Gasteiger partial charge on any atom is 0.228 e. The van der Waals surface area contributed by atoms with Crippen LogP contribution >= 0.6 is 0 Å². The van der Waals surface area contributed by atoms with Crippen molar-refractivity contribution in [3.8, 4) is 0 Å². The van der Waals surface area contributed by atoms with E-state index in [0.717, 1.165) is 50.1 Å². The van der Waals surface area contributed by atoms with E-state index in [2.05, 4.69) is 25.2 Å². The fraction of sp³-hybridized carbons (Fsp3) is 0.600. The highest BCUT2D eigenvalue weighted by atomic mass is 16.2. The Morgan fingerprint density at radius 3 is 2.80 bits per heavy atom. The van der Waals surface area contributed by atoms with Crippen molar-refractivity contribution in [2.24, 2.45) is 5.92 Å². The summed E-state index contributed by atoms with van der Waals surface area (Å²) in [7, 11) is 0. The van der Waals surface area contributed by atoms with Crippen molar-refractivity contribution < 1.29 is 9.59 Å². The normalized spacial score (nSPS) is 23.3. The third-order valence-corrected chi connectivity index (χ3v) is 5.36. The van der Waals surface area contributed by atoms with Crippen molar-refractivity contribution >= 4 is 17.5 Å². The minimum Gasteiger partial charge on any atom is -0.338 e. The first kappa shape index (κ1) is 17.9. The molecule has 1 aromatic carbocycles. The van der Waals surface area contributed by atoms with Crippen LogP contribution in [0.2, 0.25) is 0 Å². The van der Waals surface area contributed by atoms with Gasteiger partial charge in [-0.25, -0.2) is 0 Å². The molecular formula is C20H29N3O2. The van der Waals surface area contributed by atoms with Gasteiger partial charge in [0.05, 0.1) is 5.92 Å². The predicted octanol–water partition coefficient (Wildman–Crippen LogP) is 2.20. The lowest BCUT2D eigenvalue weighted by Crippen LogP contribution is -2.45. The smallest absolute Gasteiger partial charge is 0.228 e. The molecule has 2 aliphatic rings. The number of carbonyl (C=O) groups excluding carboxylic acids is 2. The molecule has 2 amide bonds. The molecule has 0 radical (unpaired) electrons. The maximum absolute atomic E-state index is 13.1. The van der Waals surface area contributed by atoms with Gasteiger partial charge in [-0.2, -0.15) is 0 Å². The largest absolute Gasteiger partial charge is 0.338 e. The van der Waals surface area contributed by atoms with Crippen molar-refractivity contribution in [2.75, 3.05) is 31.1 Å². The number of nitrogens with one attached hydrogen (secondary N) is 1. The Kier molecular flexibility index (Phi) is 5.74. The Labute approximate surface area is 150 Å². The predicted molar refractivity (Wildman–Crippen MR) is 99.6 cm³/mol. The van der Waals surface area contributed by atoms with Crippen LogP contribution in [0.25, 0.3) is 0 Å². The SMILES string of the molecule is CCCN(C(=O)C1CC(=O)N(c2ccccc2CC)C1)C1CCNC1. The molecule has 2 atom stereocenters. The molecule has 25 heavy (non-hydrogen) atoms. The van der Waals surface area contributed by atoms with Crippen molar-refractivity contribution in [1.29, 1.82) is 0 Å². The minimum atomic E-state index is -0.218. The zero-order valence-corrected chi connectivity index (χ0v) is 15.3. The summed E-state index contributed by atoms with van der Waals surface area (Å²) in [5.74, 6) is 0.00480. The second kappa shape index (κ2) is 8.00. The molecule has 2 fully saturated rings. The van der Waals surface area contributed by atoms with Crippen molar-refractivity contribution in [3.05, 3.63) is 29.8 Å². The molecule has 0 spiro atoms. The van der Waals surface area contributed by atoms with Gasteiger partial charge in [0.25, 0.3) is 0 Å². The zero-order chi connectivity index (χ0) is 17.8. The lowest BCUT2D eigenvalue weighted by atomic mass is 10.0. The zero-order valence-electron chi connectivity index (χ0n) is 15.3. The summed E-state index contributed by atoms with van der Waals surface area (Å²) in [6, 6.07) is 8.30. The van der Waals surface area contributed by atoms with Gasteiger partial charge in [0.1, 0.15) is 0 Å². The summed E-state index contributed by atoms with van der Waals surface area (Å²) in [4.78, 5) is 29.6. The van der Waals surface area contributed by atoms with Crippen molar-refractivity contribution in [3.63, 3.8) is 0 Å². The van der Waals surface area contributed by atoms with Crippen LogP contribution in [-0.2, 0) is 16.0 Å². The first-order chi connectivity index (χ1) is 12.2. The number of carbonyl (C=O) groups is 2. The second-order valence-electron chi connectivity index (χ2n) is 7.07. The van der Waals surface area contributed by atoms with E-state index in [1.807, 2.05) is 28.0 Å². The van der Waals surface area contributed by atoms with Crippen LogP contribution in [0, 0.1) is 5.92 Å². The summed E-state index contributed by atoms with van der Waals surface area (Å²) in [5, 5.41) is 3.34. The van der Waals surface area contributed by atoms with E-state index >= 15 is 0 Å². The number of anilines is 1. The van der Waals surface area contributed by atoms with Crippen LogP contribution in [0.4, 0.5) is 5.69 Å². The number of hydrogen-bond acceptors (Lipinski definition) is 3. The molecule has 3 rings (SSSR count). The molecule has 2 aliphatic heterocycles. The Hall–Kier alpha value is -1.88. The van der Waals surface area contributed by atoms with E-state index in [9.17, 15) is 9.59 Å². The average molecular weight is 343 g/mol. The highest BCUT2D eigenvalue weighted by Gasteiger charge is 2.39.